The van der Waals surface area contributed by atoms with Gasteiger partial charge in [0.05, 0.1) is 0 Å². The van der Waals surface area contributed by atoms with Crippen LogP contribution in [0.4, 0.5) is 0 Å². The van der Waals surface area contributed by atoms with Crippen molar-refractivity contribution in [1.82, 2.24) is 5.32 Å². The van der Waals surface area contributed by atoms with Crippen molar-refractivity contribution in [3.05, 3.63) is 0 Å². The summed E-state index contributed by atoms with van der Waals surface area (Å²) in [6.07, 6.45) is 9.80. The van der Waals surface area contributed by atoms with Gasteiger partial charge in [-0.25, -0.2) is 0 Å². The van der Waals surface area contributed by atoms with Crippen LogP contribution < -0.4 is 5.32 Å². The average molecular weight is 169 g/mol. The van der Waals surface area contributed by atoms with Crippen LogP contribution >= 0.6 is 0 Å². The van der Waals surface area contributed by atoms with Crippen LogP contribution in [0.15, 0.2) is 0 Å². The highest BCUT2D eigenvalue weighted by Crippen LogP contribution is 2.16. The first-order chi connectivity index (χ1) is 5.83. The highest BCUT2D eigenvalue weighted by Gasteiger charge is 2.16. The fourth-order valence-corrected chi connectivity index (χ4v) is 2.11. The molecule has 1 heteroatoms. The van der Waals surface area contributed by atoms with Crippen LogP contribution in [0.2, 0.25) is 0 Å². The lowest BCUT2D eigenvalue weighted by Crippen LogP contribution is -2.40. The molecule has 2 atom stereocenters. The Morgan fingerprint density at radius 3 is 2.75 bits per heavy atom. The second kappa shape index (κ2) is 5.58. The molecular formula is C11H23N. The van der Waals surface area contributed by atoms with E-state index in [1.165, 1.54) is 44.9 Å². The molecule has 1 aliphatic heterocycles. The van der Waals surface area contributed by atoms with Crippen molar-refractivity contribution in [2.45, 2.75) is 70.9 Å². The van der Waals surface area contributed by atoms with Crippen molar-refractivity contribution in [2.24, 2.45) is 0 Å². The predicted octanol–water partition coefficient (Wildman–Crippen LogP) is 3.10. The normalized spacial score (nSPS) is 30.5. The molecule has 12 heavy (non-hydrogen) atoms. The maximum atomic E-state index is 3.68. The number of nitrogens with one attached hydrogen (secondary N) is 1. The van der Waals surface area contributed by atoms with Gasteiger partial charge in [-0.05, 0) is 26.2 Å². The van der Waals surface area contributed by atoms with Crippen LogP contribution in [0, 0.1) is 0 Å². The van der Waals surface area contributed by atoms with E-state index in [0.29, 0.717) is 0 Å². The van der Waals surface area contributed by atoms with Gasteiger partial charge in [-0.15, -0.1) is 0 Å². The van der Waals surface area contributed by atoms with Crippen LogP contribution in [0.3, 0.4) is 0 Å². The molecular weight excluding hydrogens is 146 g/mol. The molecule has 0 bridgehead atoms. The van der Waals surface area contributed by atoms with Crippen LogP contribution in [0.1, 0.15) is 58.8 Å². The largest absolute Gasteiger partial charge is 0.312 e. The summed E-state index contributed by atoms with van der Waals surface area (Å²) in [5.74, 6) is 0. The highest BCUT2D eigenvalue weighted by atomic mass is 15.0. The number of rotatable bonds is 4. The first kappa shape index (κ1) is 10.0. The lowest BCUT2D eigenvalue weighted by molar-refractivity contribution is 0.315. The van der Waals surface area contributed by atoms with E-state index in [1.807, 2.05) is 0 Å². The summed E-state index contributed by atoms with van der Waals surface area (Å²) < 4.78 is 0. The first-order valence-corrected chi connectivity index (χ1v) is 5.59. The van der Waals surface area contributed by atoms with Gasteiger partial charge in [-0.3, -0.25) is 0 Å². The number of hydrogen-bond acceptors (Lipinski definition) is 1. The van der Waals surface area contributed by atoms with Crippen molar-refractivity contribution in [3.63, 3.8) is 0 Å². The SMILES string of the molecule is CCCCC[C@@H]1CCC[C@@H](C)N1. The second-order valence-corrected chi connectivity index (χ2v) is 4.19. The van der Waals surface area contributed by atoms with E-state index in [0.717, 1.165) is 12.1 Å². The van der Waals surface area contributed by atoms with E-state index in [4.69, 9.17) is 0 Å². The van der Waals surface area contributed by atoms with Gasteiger partial charge < -0.3 is 5.32 Å². The Morgan fingerprint density at radius 2 is 2.08 bits per heavy atom. The lowest BCUT2D eigenvalue weighted by atomic mass is 9.96. The Bertz CT molecular complexity index is 112. The van der Waals surface area contributed by atoms with Gasteiger partial charge in [-0.1, -0.05) is 32.6 Å². The van der Waals surface area contributed by atoms with E-state index < -0.39 is 0 Å². The molecule has 0 aliphatic carbocycles. The maximum Gasteiger partial charge on any atom is 0.00695 e. The third kappa shape index (κ3) is 3.57. The number of piperidine rings is 1. The fourth-order valence-electron chi connectivity index (χ4n) is 2.11. The van der Waals surface area contributed by atoms with Crippen molar-refractivity contribution >= 4 is 0 Å². The lowest BCUT2D eigenvalue weighted by Gasteiger charge is -2.28. The van der Waals surface area contributed by atoms with Crippen molar-refractivity contribution in [2.75, 3.05) is 0 Å². The van der Waals surface area contributed by atoms with E-state index >= 15 is 0 Å². The van der Waals surface area contributed by atoms with Crippen LogP contribution in [0.25, 0.3) is 0 Å². The van der Waals surface area contributed by atoms with Gasteiger partial charge in [0.2, 0.25) is 0 Å². The third-order valence-corrected chi connectivity index (χ3v) is 2.87. The van der Waals surface area contributed by atoms with Gasteiger partial charge in [0.15, 0.2) is 0 Å². The molecule has 1 nitrogen and oxygen atoms in total. The summed E-state index contributed by atoms with van der Waals surface area (Å²) in [5, 5.41) is 3.68. The Morgan fingerprint density at radius 1 is 1.25 bits per heavy atom. The minimum Gasteiger partial charge on any atom is -0.312 e. The van der Waals surface area contributed by atoms with Crippen LogP contribution in [-0.4, -0.2) is 12.1 Å². The van der Waals surface area contributed by atoms with Gasteiger partial charge in [-0.2, -0.15) is 0 Å². The van der Waals surface area contributed by atoms with Gasteiger partial charge in [0.1, 0.15) is 0 Å². The summed E-state index contributed by atoms with van der Waals surface area (Å²) in [5.41, 5.74) is 0. The molecule has 1 fully saturated rings. The zero-order chi connectivity index (χ0) is 8.81. The molecule has 0 spiro atoms. The third-order valence-electron chi connectivity index (χ3n) is 2.87. The van der Waals surface area contributed by atoms with E-state index in [1.54, 1.807) is 0 Å². The topological polar surface area (TPSA) is 12.0 Å². The second-order valence-electron chi connectivity index (χ2n) is 4.19. The molecule has 1 heterocycles. The van der Waals surface area contributed by atoms with Crippen molar-refractivity contribution < 1.29 is 0 Å². The van der Waals surface area contributed by atoms with Crippen LogP contribution in [-0.2, 0) is 0 Å². The number of hydrogen-bond donors (Lipinski definition) is 1. The smallest absolute Gasteiger partial charge is 0.00695 e. The maximum absolute atomic E-state index is 3.68. The van der Waals surface area contributed by atoms with E-state index in [9.17, 15) is 0 Å². The zero-order valence-corrected chi connectivity index (χ0v) is 8.60. The van der Waals surface area contributed by atoms with Gasteiger partial charge >= 0.3 is 0 Å². The summed E-state index contributed by atoms with van der Waals surface area (Å²) in [6, 6.07) is 1.60. The Hall–Kier alpha value is -0.0400. The summed E-state index contributed by atoms with van der Waals surface area (Å²) in [7, 11) is 0. The molecule has 0 saturated carbocycles. The molecule has 0 unspecified atom stereocenters. The molecule has 1 aliphatic rings. The molecule has 72 valence electrons. The van der Waals surface area contributed by atoms with E-state index in [2.05, 4.69) is 19.2 Å². The molecule has 0 aromatic carbocycles. The van der Waals surface area contributed by atoms with Crippen molar-refractivity contribution in [3.8, 4) is 0 Å². The Kier molecular flexibility index (Phi) is 4.67. The summed E-state index contributed by atoms with van der Waals surface area (Å²) >= 11 is 0. The molecule has 0 aromatic heterocycles. The molecule has 0 aromatic rings. The zero-order valence-electron chi connectivity index (χ0n) is 8.60. The quantitative estimate of drug-likeness (QED) is 0.638. The summed E-state index contributed by atoms with van der Waals surface area (Å²) in [4.78, 5) is 0. The minimum atomic E-state index is 0.769. The van der Waals surface area contributed by atoms with Gasteiger partial charge in [0, 0.05) is 12.1 Å². The Labute approximate surface area is 76.9 Å². The first-order valence-electron chi connectivity index (χ1n) is 5.59. The molecule has 1 saturated heterocycles. The van der Waals surface area contributed by atoms with Crippen LogP contribution in [0.5, 0.6) is 0 Å². The highest BCUT2D eigenvalue weighted by molar-refractivity contribution is 4.77. The monoisotopic (exact) mass is 169 g/mol. The molecule has 0 amide bonds. The Balaban J connectivity index is 2.06. The summed E-state index contributed by atoms with van der Waals surface area (Å²) in [6.45, 7) is 4.59. The standard InChI is InChI=1S/C11H23N/c1-3-4-5-8-11-9-6-7-10(2)12-11/h10-12H,3-9H2,1-2H3/t10-,11-/m1/s1. The molecule has 1 rings (SSSR count). The molecule has 1 N–H and O–H groups in total. The fraction of sp³-hybridized carbons (Fsp3) is 1.00. The minimum absolute atomic E-state index is 0.769. The van der Waals surface area contributed by atoms with E-state index in [-0.39, 0.29) is 0 Å². The number of unbranched alkanes of at least 4 members (excludes halogenated alkanes) is 2. The average Bonchev–Trinajstić information content (AvgIpc) is 2.05. The van der Waals surface area contributed by atoms with Gasteiger partial charge in [0.25, 0.3) is 0 Å². The molecule has 0 radical (unpaired) electrons. The predicted molar refractivity (Wildman–Crippen MR) is 54.4 cm³/mol. The van der Waals surface area contributed by atoms with Crippen molar-refractivity contribution in [1.29, 1.82) is 0 Å².